The maximum Gasteiger partial charge on any atom is 0.380 e. The minimum atomic E-state index is -3.99. The van der Waals surface area contributed by atoms with E-state index in [9.17, 15) is 13.6 Å². The zero-order valence-corrected chi connectivity index (χ0v) is 18.4. The Morgan fingerprint density at radius 2 is 1.64 bits per heavy atom. The van der Waals surface area contributed by atoms with Gasteiger partial charge in [0.25, 0.3) is 0 Å². The van der Waals surface area contributed by atoms with Crippen molar-refractivity contribution < 1.29 is 18.7 Å². The number of urea groups is 1. The number of hydrogen-bond donors (Lipinski definition) is 3. The van der Waals surface area contributed by atoms with E-state index in [0.29, 0.717) is 17.2 Å². The van der Waals surface area contributed by atoms with Gasteiger partial charge in [-0.25, -0.2) is 9.48 Å². The van der Waals surface area contributed by atoms with Crippen molar-refractivity contribution in [1.82, 2.24) is 9.78 Å². The van der Waals surface area contributed by atoms with Gasteiger partial charge in [-0.1, -0.05) is 69.3 Å². The summed E-state index contributed by atoms with van der Waals surface area (Å²) in [4.78, 5) is 12.9. The molecule has 0 spiro atoms. The molecule has 0 saturated heterocycles. The average molecular weight is 450 g/mol. The van der Waals surface area contributed by atoms with Gasteiger partial charge in [-0.05, 0) is 23.6 Å². The number of benzene rings is 3. The summed E-state index contributed by atoms with van der Waals surface area (Å²) < 4.78 is 28.3. The summed E-state index contributed by atoms with van der Waals surface area (Å²) >= 11 is 0. The van der Waals surface area contributed by atoms with Gasteiger partial charge in [0.2, 0.25) is 0 Å². The first-order chi connectivity index (χ1) is 15.5. The van der Waals surface area contributed by atoms with Crippen LogP contribution < -0.4 is 10.6 Å². The Hall–Kier alpha value is -3.78. The highest BCUT2D eigenvalue weighted by atomic mass is 19.3. The molecule has 0 unspecified atom stereocenters. The molecule has 0 bridgehead atoms. The van der Waals surface area contributed by atoms with Crippen molar-refractivity contribution in [2.24, 2.45) is 0 Å². The number of halogens is 2. The summed E-state index contributed by atoms with van der Waals surface area (Å²) in [6.45, 7) is 5.87. The van der Waals surface area contributed by atoms with Crippen molar-refractivity contribution >= 4 is 28.3 Å². The number of carbonyl (C=O) groups is 1. The average Bonchev–Trinajstić information content (AvgIpc) is 3.18. The SMILES string of the molecule is CC(C)(C)c1cc(NC(=O)Nc2cccc3ccccc23)n(-c2cccc(C(O)(F)F)c2)n1. The van der Waals surface area contributed by atoms with Crippen LogP contribution in [0.5, 0.6) is 0 Å². The van der Waals surface area contributed by atoms with Gasteiger partial charge in [-0.15, -0.1) is 0 Å². The van der Waals surface area contributed by atoms with Gasteiger partial charge in [-0.2, -0.15) is 13.9 Å². The molecule has 33 heavy (non-hydrogen) atoms. The highest BCUT2D eigenvalue weighted by molar-refractivity contribution is 6.06. The lowest BCUT2D eigenvalue weighted by atomic mass is 9.92. The topological polar surface area (TPSA) is 79.2 Å². The van der Waals surface area contributed by atoms with Crippen LogP contribution in [0.4, 0.5) is 25.1 Å². The second-order valence-electron chi connectivity index (χ2n) is 8.77. The van der Waals surface area contributed by atoms with Gasteiger partial charge in [0.15, 0.2) is 0 Å². The molecule has 0 aliphatic rings. The Morgan fingerprint density at radius 3 is 2.36 bits per heavy atom. The normalized spacial score (nSPS) is 12.1. The van der Waals surface area contributed by atoms with Gasteiger partial charge >= 0.3 is 12.1 Å². The molecular weight excluding hydrogens is 426 g/mol. The molecule has 0 fully saturated rings. The van der Waals surface area contributed by atoms with Crippen molar-refractivity contribution in [2.75, 3.05) is 10.6 Å². The maximum absolute atomic E-state index is 13.5. The molecule has 0 atom stereocenters. The first kappa shape index (κ1) is 22.4. The Bertz CT molecular complexity index is 1310. The van der Waals surface area contributed by atoms with Gasteiger partial charge in [0.05, 0.1) is 22.6 Å². The third kappa shape index (κ3) is 4.85. The Labute approximate surface area is 189 Å². The van der Waals surface area contributed by atoms with Gasteiger partial charge in [0, 0.05) is 16.9 Å². The van der Waals surface area contributed by atoms with E-state index in [1.807, 2.05) is 57.2 Å². The Balaban J connectivity index is 1.69. The fourth-order valence-corrected chi connectivity index (χ4v) is 3.46. The molecule has 8 heteroatoms. The van der Waals surface area contributed by atoms with E-state index in [-0.39, 0.29) is 11.1 Å². The Morgan fingerprint density at radius 1 is 0.939 bits per heavy atom. The monoisotopic (exact) mass is 450 g/mol. The number of hydrogen-bond acceptors (Lipinski definition) is 3. The lowest BCUT2D eigenvalue weighted by molar-refractivity contribution is -0.208. The number of rotatable bonds is 4. The molecule has 170 valence electrons. The summed E-state index contributed by atoms with van der Waals surface area (Å²) in [6.07, 6.45) is -3.99. The van der Waals surface area contributed by atoms with Crippen LogP contribution in [0.15, 0.2) is 72.8 Å². The summed E-state index contributed by atoms with van der Waals surface area (Å²) in [7, 11) is 0. The smallest absolute Gasteiger partial charge is 0.332 e. The molecule has 1 heterocycles. The van der Waals surface area contributed by atoms with Gasteiger partial charge in [0.1, 0.15) is 5.82 Å². The van der Waals surface area contributed by atoms with Crippen LogP contribution in [-0.4, -0.2) is 20.9 Å². The number of fused-ring (bicyclic) bond motifs is 1. The fraction of sp³-hybridized carbons (Fsp3) is 0.200. The van der Waals surface area contributed by atoms with Crippen molar-refractivity contribution in [3.8, 4) is 5.69 Å². The van der Waals surface area contributed by atoms with Crippen molar-refractivity contribution in [3.63, 3.8) is 0 Å². The van der Waals surface area contributed by atoms with Crippen LogP contribution in [0.2, 0.25) is 0 Å². The highest BCUT2D eigenvalue weighted by Crippen LogP contribution is 2.30. The number of nitrogens with zero attached hydrogens (tertiary/aromatic N) is 2. The first-order valence-electron chi connectivity index (χ1n) is 10.4. The van der Waals surface area contributed by atoms with Crippen LogP contribution >= 0.6 is 0 Å². The molecule has 0 aliphatic carbocycles. The molecule has 3 N–H and O–H groups in total. The molecule has 6 nitrogen and oxygen atoms in total. The maximum atomic E-state index is 13.5. The molecule has 0 aliphatic heterocycles. The number of carbonyl (C=O) groups excluding carboxylic acids is 1. The second kappa shape index (κ2) is 8.29. The number of aromatic nitrogens is 2. The summed E-state index contributed by atoms with van der Waals surface area (Å²) in [5.74, 6) is 0.302. The molecule has 3 aromatic carbocycles. The Kier molecular flexibility index (Phi) is 5.63. The standard InChI is InChI=1S/C25H24F2N4O2/c1-24(2,3)21-15-22(31(30-21)18-11-7-10-17(14-18)25(26,27)33)29-23(32)28-20-13-6-9-16-8-4-5-12-19(16)20/h4-15,33H,1-3H3,(H2,28,29,32). The molecule has 4 aromatic rings. The number of nitrogens with one attached hydrogen (secondary N) is 2. The zero-order valence-electron chi connectivity index (χ0n) is 18.4. The highest BCUT2D eigenvalue weighted by Gasteiger charge is 2.28. The van der Waals surface area contributed by atoms with Crippen LogP contribution in [0.25, 0.3) is 16.5 Å². The molecular formula is C25H24F2N4O2. The van der Waals surface area contributed by atoms with Crippen molar-refractivity contribution in [3.05, 3.63) is 84.1 Å². The second-order valence-corrected chi connectivity index (χ2v) is 8.77. The minimum absolute atomic E-state index is 0.275. The summed E-state index contributed by atoms with van der Waals surface area (Å²) in [5.41, 5.74) is 0.640. The largest absolute Gasteiger partial charge is 0.380 e. The molecule has 0 radical (unpaired) electrons. The first-order valence-corrected chi connectivity index (χ1v) is 10.4. The van der Waals surface area contributed by atoms with Crippen LogP contribution in [0.1, 0.15) is 32.0 Å². The van der Waals surface area contributed by atoms with E-state index in [1.54, 1.807) is 18.2 Å². The summed E-state index contributed by atoms with van der Waals surface area (Å²) in [6, 6.07) is 19.7. The molecule has 0 saturated carbocycles. The lowest BCUT2D eigenvalue weighted by Crippen LogP contribution is -2.21. The van der Waals surface area contributed by atoms with E-state index in [1.165, 1.54) is 10.7 Å². The molecule has 2 amide bonds. The van der Waals surface area contributed by atoms with E-state index in [0.717, 1.165) is 22.9 Å². The third-order valence-corrected chi connectivity index (χ3v) is 5.20. The van der Waals surface area contributed by atoms with E-state index in [2.05, 4.69) is 15.7 Å². The van der Waals surface area contributed by atoms with Crippen LogP contribution in [0, 0.1) is 0 Å². The number of alkyl halides is 2. The number of anilines is 2. The van der Waals surface area contributed by atoms with Gasteiger partial charge < -0.3 is 10.4 Å². The predicted octanol–water partition coefficient (Wildman–Crippen LogP) is 6.01. The fourth-order valence-electron chi connectivity index (χ4n) is 3.46. The molecule has 4 rings (SSSR count). The number of amides is 2. The molecule has 1 aromatic heterocycles. The minimum Gasteiger partial charge on any atom is -0.332 e. The zero-order chi connectivity index (χ0) is 23.8. The number of aliphatic hydroxyl groups is 1. The van der Waals surface area contributed by atoms with E-state index >= 15 is 0 Å². The predicted molar refractivity (Wildman–Crippen MR) is 125 cm³/mol. The van der Waals surface area contributed by atoms with Crippen molar-refractivity contribution in [2.45, 2.75) is 32.3 Å². The summed E-state index contributed by atoms with van der Waals surface area (Å²) in [5, 5.41) is 21.1. The third-order valence-electron chi connectivity index (χ3n) is 5.20. The van der Waals surface area contributed by atoms with Crippen LogP contribution in [0.3, 0.4) is 0 Å². The van der Waals surface area contributed by atoms with Crippen molar-refractivity contribution in [1.29, 1.82) is 0 Å². The van der Waals surface area contributed by atoms with E-state index in [4.69, 9.17) is 5.11 Å². The quantitative estimate of drug-likeness (QED) is 0.356. The van der Waals surface area contributed by atoms with Crippen LogP contribution in [-0.2, 0) is 11.5 Å². The van der Waals surface area contributed by atoms with Gasteiger partial charge in [-0.3, -0.25) is 5.32 Å². The van der Waals surface area contributed by atoms with E-state index < -0.39 is 17.7 Å². The lowest BCUT2D eigenvalue weighted by Gasteiger charge is -2.14.